The largest absolute Gasteiger partial charge is 0.410 e. The van der Waals surface area contributed by atoms with Crippen molar-refractivity contribution in [3.63, 3.8) is 0 Å². The molecule has 0 aliphatic heterocycles. The second-order valence-corrected chi connectivity index (χ2v) is 2.71. The second-order valence-electron chi connectivity index (χ2n) is 1.78. The highest BCUT2D eigenvalue weighted by Gasteiger charge is 2.48. The monoisotopic (exact) mass is 296 g/mol. The molecule has 0 radical (unpaired) electrons. The van der Waals surface area contributed by atoms with Crippen LogP contribution in [0.2, 0.25) is 0 Å². The summed E-state index contributed by atoms with van der Waals surface area (Å²) in [5.74, 6) is -5.72. The van der Waals surface area contributed by atoms with Crippen molar-refractivity contribution in [3.05, 3.63) is 9.79 Å². The van der Waals surface area contributed by atoms with E-state index in [0.717, 1.165) is 0 Å². The summed E-state index contributed by atoms with van der Waals surface area (Å²) >= 11 is 1.45. The van der Waals surface area contributed by atoms with Gasteiger partial charge in [0.2, 0.25) is 0 Å². The van der Waals surface area contributed by atoms with Gasteiger partial charge in [-0.2, -0.15) is 8.78 Å². The molecule has 0 amide bonds. The quantitative estimate of drug-likeness (QED) is 0.619. The van der Waals surface area contributed by atoms with Crippen molar-refractivity contribution >= 4 is 22.6 Å². The lowest BCUT2D eigenvalue weighted by molar-refractivity contribution is -0.151. The zero-order valence-electron chi connectivity index (χ0n) is 5.27. The Morgan fingerprint density at radius 1 is 1.33 bits per heavy atom. The summed E-state index contributed by atoms with van der Waals surface area (Å²) in [6.07, 6.45) is -3.84. The fourth-order valence-electron chi connectivity index (χ4n) is 0.433. The van der Waals surface area contributed by atoms with Crippen molar-refractivity contribution in [3.8, 4) is 0 Å². The molecule has 8 heteroatoms. The normalized spacial score (nSPS) is 12.5. The summed E-state index contributed by atoms with van der Waals surface area (Å²) in [4.78, 5) is 0. The van der Waals surface area contributed by atoms with Crippen molar-refractivity contribution in [2.24, 2.45) is 0 Å². The van der Waals surface area contributed by atoms with E-state index in [-0.39, 0.29) is 3.90 Å². The van der Waals surface area contributed by atoms with Gasteiger partial charge in [0.1, 0.15) is 0 Å². The van der Waals surface area contributed by atoms with Crippen molar-refractivity contribution < 1.29 is 22.0 Å². The highest BCUT2D eigenvalue weighted by molar-refractivity contribution is 14.1. The third-order valence-electron chi connectivity index (χ3n) is 0.960. The predicted octanol–water partition coefficient (Wildman–Crippen LogP) is 2.03. The fraction of sp³-hybridized carbons (Fsp3) is 0.500. The molecule has 12 heavy (non-hydrogen) atoms. The molecule has 0 unspecified atom stereocenters. The van der Waals surface area contributed by atoms with E-state index in [0.29, 0.717) is 0 Å². The zero-order valence-corrected chi connectivity index (χ0v) is 7.43. The zero-order chi connectivity index (χ0) is 9.35. The molecule has 0 aromatic carbocycles. The van der Waals surface area contributed by atoms with E-state index < -0.39 is 18.2 Å². The summed E-state index contributed by atoms with van der Waals surface area (Å²) in [6.45, 7) is 0. The molecule has 0 fully saturated rings. The van der Waals surface area contributed by atoms with Crippen LogP contribution in [0.5, 0.6) is 0 Å². The molecule has 0 saturated carbocycles. The highest BCUT2D eigenvalue weighted by Crippen LogP contribution is 2.33. The van der Waals surface area contributed by atoms with Crippen LogP contribution in [0.3, 0.4) is 0 Å². The minimum atomic E-state index is -4.36. The number of aromatic nitrogens is 2. The van der Waals surface area contributed by atoms with E-state index in [1.54, 1.807) is 0 Å². The third kappa shape index (κ3) is 1.67. The van der Waals surface area contributed by atoms with Crippen LogP contribution in [-0.2, 0) is 5.92 Å². The van der Waals surface area contributed by atoms with Crippen LogP contribution in [0.1, 0.15) is 5.89 Å². The lowest BCUT2D eigenvalue weighted by Crippen LogP contribution is -2.23. The molecule has 0 aliphatic carbocycles. The first-order valence-electron chi connectivity index (χ1n) is 2.60. The Morgan fingerprint density at radius 2 is 1.92 bits per heavy atom. The third-order valence-corrected chi connectivity index (χ3v) is 1.40. The van der Waals surface area contributed by atoms with Crippen molar-refractivity contribution in [2.75, 3.05) is 0 Å². The van der Waals surface area contributed by atoms with Crippen molar-refractivity contribution in [1.29, 1.82) is 0 Å². The minimum Gasteiger partial charge on any atom is -0.410 e. The SMILES string of the molecule is FC(F)C(F)(F)c1nnc(I)o1. The summed E-state index contributed by atoms with van der Waals surface area (Å²) < 4.78 is 51.9. The average molecular weight is 296 g/mol. The van der Waals surface area contributed by atoms with Gasteiger partial charge in [0, 0.05) is 22.6 Å². The summed E-state index contributed by atoms with van der Waals surface area (Å²) in [7, 11) is 0. The van der Waals surface area contributed by atoms with E-state index in [1.807, 2.05) is 0 Å². The predicted molar refractivity (Wildman–Crippen MR) is 36.9 cm³/mol. The van der Waals surface area contributed by atoms with Crippen molar-refractivity contribution in [1.82, 2.24) is 10.2 Å². The van der Waals surface area contributed by atoms with Crippen molar-refractivity contribution in [2.45, 2.75) is 12.3 Å². The average Bonchev–Trinajstić information content (AvgIpc) is 2.35. The molecule has 1 aromatic heterocycles. The molecule has 0 spiro atoms. The molecule has 0 atom stereocenters. The molecule has 0 bridgehead atoms. The first-order valence-corrected chi connectivity index (χ1v) is 3.68. The standard InChI is InChI=1S/C4HF4IN2O/c5-1(6)4(7,8)2-10-11-3(9)12-2/h1H. The summed E-state index contributed by atoms with van der Waals surface area (Å²) in [6, 6.07) is 0. The van der Waals surface area contributed by atoms with Crippen LogP contribution in [0.4, 0.5) is 17.6 Å². The minimum absolute atomic E-state index is 0.206. The Bertz CT molecular complexity index is 276. The number of halogens is 5. The van der Waals surface area contributed by atoms with Crippen LogP contribution in [0.25, 0.3) is 0 Å². The maximum absolute atomic E-state index is 12.3. The lowest BCUT2D eigenvalue weighted by Gasteiger charge is -2.08. The van der Waals surface area contributed by atoms with Gasteiger partial charge < -0.3 is 4.42 Å². The molecular formula is C4HF4IN2O. The molecule has 1 rings (SSSR count). The van der Waals surface area contributed by atoms with E-state index in [9.17, 15) is 17.6 Å². The van der Waals surface area contributed by atoms with Crippen LogP contribution in [0, 0.1) is 3.90 Å². The number of hydrogen-bond acceptors (Lipinski definition) is 3. The Hall–Kier alpha value is -0.410. The van der Waals surface area contributed by atoms with Crippen LogP contribution in [0.15, 0.2) is 4.42 Å². The van der Waals surface area contributed by atoms with Gasteiger partial charge in [-0.3, -0.25) is 0 Å². The molecule has 3 nitrogen and oxygen atoms in total. The lowest BCUT2D eigenvalue weighted by atomic mass is 10.3. The Balaban J connectivity index is 2.97. The smallest absolute Gasteiger partial charge is 0.382 e. The number of hydrogen-bond donors (Lipinski definition) is 0. The van der Waals surface area contributed by atoms with E-state index in [1.165, 1.54) is 22.6 Å². The van der Waals surface area contributed by atoms with Gasteiger partial charge in [0.05, 0.1) is 0 Å². The highest BCUT2D eigenvalue weighted by atomic mass is 127. The molecule has 1 aromatic rings. The van der Waals surface area contributed by atoms with Gasteiger partial charge in [-0.05, 0) is 0 Å². The Morgan fingerprint density at radius 3 is 2.25 bits per heavy atom. The van der Waals surface area contributed by atoms with Crippen LogP contribution in [-0.4, -0.2) is 16.6 Å². The number of rotatable bonds is 2. The van der Waals surface area contributed by atoms with Gasteiger partial charge >= 0.3 is 12.3 Å². The van der Waals surface area contributed by atoms with Gasteiger partial charge in [0.25, 0.3) is 9.79 Å². The Kier molecular flexibility index (Phi) is 2.54. The van der Waals surface area contributed by atoms with E-state index in [4.69, 9.17) is 0 Å². The Labute approximate surface area is 77.3 Å². The molecule has 1 heterocycles. The van der Waals surface area contributed by atoms with Crippen LogP contribution >= 0.6 is 22.6 Å². The van der Waals surface area contributed by atoms with Gasteiger partial charge in [0.15, 0.2) is 0 Å². The molecule has 0 saturated heterocycles. The summed E-state index contributed by atoms with van der Waals surface area (Å²) in [5.41, 5.74) is 0. The topological polar surface area (TPSA) is 38.9 Å². The number of nitrogens with zero attached hydrogens (tertiary/aromatic N) is 2. The first-order chi connectivity index (χ1) is 5.44. The number of alkyl halides is 4. The maximum Gasteiger partial charge on any atom is 0.382 e. The second kappa shape index (κ2) is 3.15. The molecule has 0 aliphatic rings. The summed E-state index contributed by atoms with van der Waals surface area (Å²) in [5, 5.41) is 5.78. The maximum atomic E-state index is 12.3. The van der Waals surface area contributed by atoms with E-state index >= 15 is 0 Å². The molecule has 68 valence electrons. The van der Waals surface area contributed by atoms with Gasteiger partial charge in [-0.15, -0.1) is 10.2 Å². The van der Waals surface area contributed by atoms with Crippen LogP contribution < -0.4 is 0 Å². The van der Waals surface area contributed by atoms with E-state index in [2.05, 4.69) is 14.6 Å². The van der Waals surface area contributed by atoms with Gasteiger partial charge in [-0.1, -0.05) is 0 Å². The first kappa shape index (κ1) is 9.68. The molecular weight excluding hydrogens is 295 g/mol. The fourth-order valence-corrected chi connectivity index (χ4v) is 0.750. The van der Waals surface area contributed by atoms with Gasteiger partial charge in [-0.25, -0.2) is 8.78 Å². The molecule has 0 N–H and O–H groups in total.